The first-order chi connectivity index (χ1) is 29.2. The molecule has 0 saturated heterocycles. The van der Waals surface area contributed by atoms with Gasteiger partial charge < -0.3 is 13.7 Å². The zero-order chi connectivity index (χ0) is 38.9. The Balaban J connectivity index is 1.02. The van der Waals surface area contributed by atoms with Crippen molar-refractivity contribution < 1.29 is 8.83 Å². The van der Waals surface area contributed by atoms with Crippen molar-refractivity contribution in [1.82, 2.24) is 0 Å². The molecular formula is C56H35NO2. The molecule has 0 fully saturated rings. The summed E-state index contributed by atoms with van der Waals surface area (Å²) < 4.78 is 12.9. The summed E-state index contributed by atoms with van der Waals surface area (Å²) >= 11 is 0. The quantitative estimate of drug-likeness (QED) is 0.169. The maximum atomic E-state index is 6.60. The summed E-state index contributed by atoms with van der Waals surface area (Å²) in [5, 5.41) is 9.26. The molecule has 3 nitrogen and oxygen atoms in total. The third kappa shape index (κ3) is 5.51. The fourth-order valence-electron chi connectivity index (χ4n) is 9.05. The number of nitrogens with zero attached hydrogens (tertiary/aromatic N) is 1. The number of para-hydroxylation sites is 1. The van der Waals surface area contributed by atoms with Crippen LogP contribution in [0.2, 0.25) is 0 Å². The molecule has 0 spiro atoms. The van der Waals surface area contributed by atoms with Crippen molar-refractivity contribution in [2.45, 2.75) is 0 Å². The summed E-state index contributed by atoms with van der Waals surface area (Å²) in [5.41, 5.74) is 13.7. The fraction of sp³-hybridized carbons (Fsp3) is 0. The molecule has 0 N–H and O–H groups in total. The van der Waals surface area contributed by atoms with Gasteiger partial charge >= 0.3 is 0 Å². The molecule has 12 aromatic rings. The van der Waals surface area contributed by atoms with Crippen LogP contribution in [0.4, 0.5) is 17.1 Å². The monoisotopic (exact) mass is 753 g/mol. The molecule has 3 heteroatoms. The molecule has 10 aromatic carbocycles. The average Bonchev–Trinajstić information content (AvgIpc) is 3.89. The van der Waals surface area contributed by atoms with E-state index in [-0.39, 0.29) is 0 Å². The van der Waals surface area contributed by atoms with Gasteiger partial charge in [0.2, 0.25) is 0 Å². The van der Waals surface area contributed by atoms with Gasteiger partial charge in [0.25, 0.3) is 0 Å². The van der Waals surface area contributed by atoms with Crippen LogP contribution in [0, 0.1) is 0 Å². The number of hydrogen-bond donors (Lipinski definition) is 0. The predicted octanol–water partition coefficient (Wildman–Crippen LogP) is 16.3. The topological polar surface area (TPSA) is 29.5 Å². The number of hydrogen-bond acceptors (Lipinski definition) is 3. The average molecular weight is 754 g/mol. The molecule has 276 valence electrons. The van der Waals surface area contributed by atoms with Crippen molar-refractivity contribution in [3.63, 3.8) is 0 Å². The molecule has 0 saturated carbocycles. The van der Waals surface area contributed by atoms with E-state index in [9.17, 15) is 0 Å². The lowest BCUT2D eigenvalue weighted by molar-refractivity contribution is 0.669. The molecular weight excluding hydrogens is 719 g/mol. The molecule has 12 rings (SSSR count). The van der Waals surface area contributed by atoms with Crippen LogP contribution < -0.4 is 4.90 Å². The third-order valence-electron chi connectivity index (χ3n) is 11.8. The standard InChI is InChI=1S/C56H35NO2/c1-2-13-39-33-41(26-25-36(39)11-1)40-14-7-16-44(34-40)57(43-30-27-38(28-31-43)46-20-9-23-52-54(46)49-19-5-6-22-51(49)58-52)45-17-8-15-42(35-45)47-21-10-24-53-55(47)50-32-29-37-12-3-4-18-48(37)56(50)59-53/h1-35H. The van der Waals surface area contributed by atoms with E-state index in [2.05, 4.69) is 205 Å². The molecule has 0 atom stereocenters. The van der Waals surface area contributed by atoms with Crippen molar-refractivity contribution >= 4 is 82.5 Å². The van der Waals surface area contributed by atoms with Crippen molar-refractivity contribution in [1.29, 1.82) is 0 Å². The highest BCUT2D eigenvalue weighted by Crippen LogP contribution is 2.44. The van der Waals surface area contributed by atoms with E-state index in [1.165, 1.54) is 21.7 Å². The molecule has 0 amide bonds. The van der Waals surface area contributed by atoms with Crippen LogP contribution in [0.25, 0.3) is 98.8 Å². The van der Waals surface area contributed by atoms with Crippen LogP contribution in [0.3, 0.4) is 0 Å². The normalized spacial score (nSPS) is 11.7. The minimum absolute atomic E-state index is 0.884. The Morgan fingerprint density at radius 2 is 0.847 bits per heavy atom. The van der Waals surface area contributed by atoms with E-state index in [1.807, 2.05) is 12.1 Å². The van der Waals surface area contributed by atoms with Gasteiger partial charge in [0, 0.05) is 44.0 Å². The van der Waals surface area contributed by atoms with Crippen molar-refractivity contribution in [2.24, 2.45) is 0 Å². The van der Waals surface area contributed by atoms with Crippen molar-refractivity contribution in [3.8, 4) is 33.4 Å². The Morgan fingerprint density at radius 1 is 0.288 bits per heavy atom. The van der Waals surface area contributed by atoms with E-state index in [4.69, 9.17) is 8.83 Å². The van der Waals surface area contributed by atoms with E-state index in [0.29, 0.717) is 0 Å². The molecule has 0 bridgehead atoms. The second-order valence-electron chi connectivity index (χ2n) is 15.3. The van der Waals surface area contributed by atoms with Crippen LogP contribution in [-0.4, -0.2) is 0 Å². The largest absolute Gasteiger partial charge is 0.456 e. The van der Waals surface area contributed by atoms with Gasteiger partial charge in [-0.2, -0.15) is 0 Å². The minimum atomic E-state index is 0.884. The lowest BCUT2D eigenvalue weighted by Gasteiger charge is -2.27. The Labute approximate surface area is 340 Å². The number of fused-ring (bicyclic) bond motifs is 9. The van der Waals surface area contributed by atoms with Gasteiger partial charge in [-0.05, 0) is 116 Å². The lowest BCUT2D eigenvalue weighted by atomic mass is 9.97. The van der Waals surface area contributed by atoms with Gasteiger partial charge in [-0.25, -0.2) is 0 Å². The van der Waals surface area contributed by atoms with E-state index in [0.717, 1.165) is 94.1 Å². The summed E-state index contributed by atoms with van der Waals surface area (Å²) in [5.74, 6) is 0. The van der Waals surface area contributed by atoms with Crippen LogP contribution >= 0.6 is 0 Å². The minimum Gasteiger partial charge on any atom is -0.456 e. The maximum Gasteiger partial charge on any atom is 0.143 e. The second-order valence-corrected chi connectivity index (χ2v) is 15.3. The first-order valence-corrected chi connectivity index (χ1v) is 20.1. The molecule has 0 radical (unpaired) electrons. The Bertz CT molecular complexity index is 3570. The summed E-state index contributed by atoms with van der Waals surface area (Å²) in [6, 6.07) is 75.8. The lowest BCUT2D eigenvalue weighted by Crippen LogP contribution is -2.10. The summed E-state index contributed by atoms with van der Waals surface area (Å²) in [4.78, 5) is 2.37. The Hall–Kier alpha value is -7.88. The summed E-state index contributed by atoms with van der Waals surface area (Å²) in [6.07, 6.45) is 0. The van der Waals surface area contributed by atoms with Crippen molar-refractivity contribution in [3.05, 3.63) is 212 Å². The number of anilines is 3. The molecule has 59 heavy (non-hydrogen) atoms. The number of furan rings is 2. The maximum absolute atomic E-state index is 6.60. The van der Waals surface area contributed by atoms with E-state index < -0.39 is 0 Å². The van der Waals surface area contributed by atoms with Gasteiger partial charge in [-0.3, -0.25) is 0 Å². The molecule has 0 aliphatic heterocycles. The highest BCUT2D eigenvalue weighted by Gasteiger charge is 2.19. The van der Waals surface area contributed by atoms with Crippen LogP contribution in [0.5, 0.6) is 0 Å². The Morgan fingerprint density at radius 3 is 1.66 bits per heavy atom. The van der Waals surface area contributed by atoms with E-state index in [1.54, 1.807) is 0 Å². The van der Waals surface area contributed by atoms with Gasteiger partial charge in [-0.15, -0.1) is 0 Å². The SMILES string of the molecule is c1cc(-c2ccc3ccccc3c2)cc(N(c2ccc(-c3cccc4oc5ccccc5c34)cc2)c2cccc(-c3cccc4oc5c6ccccc6ccc5c34)c2)c1. The summed E-state index contributed by atoms with van der Waals surface area (Å²) in [7, 11) is 0. The highest BCUT2D eigenvalue weighted by atomic mass is 16.3. The van der Waals surface area contributed by atoms with Gasteiger partial charge in [0.05, 0.1) is 0 Å². The fourth-order valence-corrected chi connectivity index (χ4v) is 9.05. The van der Waals surface area contributed by atoms with Crippen molar-refractivity contribution in [2.75, 3.05) is 4.90 Å². The molecule has 2 aromatic heterocycles. The van der Waals surface area contributed by atoms with Gasteiger partial charge in [0.1, 0.15) is 22.3 Å². The molecule has 0 aliphatic carbocycles. The number of benzene rings is 10. The molecule has 2 heterocycles. The first-order valence-electron chi connectivity index (χ1n) is 20.1. The molecule has 0 aliphatic rings. The summed E-state index contributed by atoms with van der Waals surface area (Å²) in [6.45, 7) is 0. The van der Waals surface area contributed by atoms with Gasteiger partial charge in [-0.1, -0.05) is 146 Å². The first kappa shape index (κ1) is 33.3. The Kier molecular flexibility index (Phi) is 7.54. The van der Waals surface area contributed by atoms with Crippen LogP contribution in [0.15, 0.2) is 221 Å². The third-order valence-corrected chi connectivity index (χ3v) is 11.8. The van der Waals surface area contributed by atoms with Crippen LogP contribution in [-0.2, 0) is 0 Å². The number of rotatable bonds is 6. The smallest absolute Gasteiger partial charge is 0.143 e. The van der Waals surface area contributed by atoms with Crippen LogP contribution in [0.1, 0.15) is 0 Å². The predicted molar refractivity (Wildman–Crippen MR) is 247 cm³/mol. The van der Waals surface area contributed by atoms with Gasteiger partial charge in [0.15, 0.2) is 0 Å². The zero-order valence-electron chi connectivity index (χ0n) is 32.0. The zero-order valence-corrected chi connectivity index (χ0v) is 32.0. The second kappa shape index (κ2) is 13.4. The van der Waals surface area contributed by atoms with E-state index >= 15 is 0 Å². The molecule has 0 unspecified atom stereocenters. The highest BCUT2D eigenvalue weighted by molar-refractivity contribution is 6.19.